The summed E-state index contributed by atoms with van der Waals surface area (Å²) in [4.78, 5) is 4.62. The van der Waals surface area contributed by atoms with Crippen LogP contribution in [-0.4, -0.2) is 19.8 Å². The predicted octanol–water partition coefficient (Wildman–Crippen LogP) is 4.18. The molecule has 0 aliphatic carbocycles. The van der Waals surface area contributed by atoms with E-state index in [2.05, 4.69) is 16.5 Å². The van der Waals surface area contributed by atoms with E-state index in [-0.39, 0.29) is 11.5 Å². The SMILES string of the molecule is CCCn1c(-c2ccc(O)c(O)c2)nc2ccc(Cl)cc21. The van der Waals surface area contributed by atoms with Crippen LogP contribution >= 0.6 is 11.6 Å². The summed E-state index contributed by atoms with van der Waals surface area (Å²) in [6.07, 6.45) is 0.953. The van der Waals surface area contributed by atoms with Gasteiger partial charge in [-0.3, -0.25) is 0 Å². The highest BCUT2D eigenvalue weighted by atomic mass is 35.5. The fourth-order valence-electron chi connectivity index (χ4n) is 2.43. The highest BCUT2D eigenvalue weighted by molar-refractivity contribution is 6.31. The Hall–Kier alpha value is -2.20. The number of phenolic OH excluding ortho intramolecular Hbond substituents is 2. The number of aromatic hydroxyl groups is 2. The molecule has 0 saturated carbocycles. The number of hydrogen-bond donors (Lipinski definition) is 2. The quantitative estimate of drug-likeness (QED) is 0.714. The lowest BCUT2D eigenvalue weighted by Crippen LogP contribution is -1.99. The molecule has 0 aliphatic rings. The molecule has 0 aliphatic heterocycles. The van der Waals surface area contributed by atoms with Gasteiger partial charge in [-0.2, -0.15) is 0 Å². The minimum absolute atomic E-state index is 0.139. The van der Waals surface area contributed by atoms with Crippen LogP contribution in [0.15, 0.2) is 36.4 Å². The summed E-state index contributed by atoms with van der Waals surface area (Å²) < 4.78 is 2.08. The number of fused-ring (bicyclic) bond motifs is 1. The van der Waals surface area contributed by atoms with E-state index in [4.69, 9.17) is 11.6 Å². The highest BCUT2D eigenvalue weighted by Crippen LogP contribution is 2.32. The van der Waals surface area contributed by atoms with Crippen LogP contribution in [0.1, 0.15) is 13.3 Å². The minimum Gasteiger partial charge on any atom is -0.504 e. The molecule has 0 amide bonds. The first-order valence-electron chi connectivity index (χ1n) is 6.78. The molecule has 0 radical (unpaired) electrons. The second-order valence-corrected chi connectivity index (χ2v) is 5.36. The van der Waals surface area contributed by atoms with Crippen molar-refractivity contribution >= 4 is 22.6 Å². The van der Waals surface area contributed by atoms with E-state index in [1.165, 1.54) is 12.1 Å². The van der Waals surface area contributed by atoms with Crippen molar-refractivity contribution in [1.82, 2.24) is 9.55 Å². The summed E-state index contributed by atoms with van der Waals surface area (Å²) in [7, 11) is 0. The monoisotopic (exact) mass is 302 g/mol. The van der Waals surface area contributed by atoms with Crippen LogP contribution in [0.4, 0.5) is 0 Å². The topological polar surface area (TPSA) is 58.3 Å². The third-order valence-electron chi connectivity index (χ3n) is 3.39. The number of benzene rings is 2. The molecule has 4 nitrogen and oxygen atoms in total. The third-order valence-corrected chi connectivity index (χ3v) is 3.63. The second-order valence-electron chi connectivity index (χ2n) is 4.92. The van der Waals surface area contributed by atoms with E-state index in [9.17, 15) is 10.2 Å². The molecule has 108 valence electrons. The zero-order chi connectivity index (χ0) is 15.0. The first-order valence-corrected chi connectivity index (χ1v) is 7.16. The van der Waals surface area contributed by atoms with Gasteiger partial charge in [-0.15, -0.1) is 0 Å². The highest BCUT2D eigenvalue weighted by Gasteiger charge is 2.14. The van der Waals surface area contributed by atoms with Crippen molar-refractivity contribution in [3.8, 4) is 22.9 Å². The summed E-state index contributed by atoms with van der Waals surface area (Å²) in [5.41, 5.74) is 2.58. The van der Waals surface area contributed by atoms with Gasteiger partial charge in [0.2, 0.25) is 0 Å². The van der Waals surface area contributed by atoms with Crippen molar-refractivity contribution in [1.29, 1.82) is 0 Å². The van der Waals surface area contributed by atoms with E-state index in [0.717, 1.165) is 35.4 Å². The predicted molar refractivity (Wildman–Crippen MR) is 83.8 cm³/mol. The van der Waals surface area contributed by atoms with Crippen molar-refractivity contribution in [2.24, 2.45) is 0 Å². The van der Waals surface area contributed by atoms with Gasteiger partial charge in [0.15, 0.2) is 11.5 Å². The Kier molecular flexibility index (Phi) is 3.47. The van der Waals surface area contributed by atoms with Crippen LogP contribution in [-0.2, 0) is 6.54 Å². The molecule has 0 saturated heterocycles. The van der Waals surface area contributed by atoms with E-state index in [1.807, 2.05) is 18.2 Å². The molecule has 0 spiro atoms. The molecule has 0 fully saturated rings. The van der Waals surface area contributed by atoms with Gasteiger partial charge in [0.05, 0.1) is 11.0 Å². The van der Waals surface area contributed by atoms with Crippen LogP contribution in [0.25, 0.3) is 22.4 Å². The average molecular weight is 303 g/mol. The van der Waals surface area contributed by atoms with E-state index >= 15 is 0 Å². The van der Waals surface area contributed by atoms with Gasteiger partial charge in [0.25, 0.3) is 0 Å². The maximum Gasteiger partial charge on any atom is 0.158 e. The van der Waals surface area contributed by atoms with Crippen LogP contribution < -0.4 is 0 Å². The molecule has 1 heterocycles. The van der Waals surface area contributed by atoms with E-state index < -0.39 is 0 Å². The number of rotatable bonds is 3. The van der Waals surface area contributed by atoms with Gasteiger partial charge in [-0.25, -0.2) is 4.98 Å². The van der Waals surface area contributed by atoms with Gasteiger partial charge in [0.1, 0.15) is 5.82 Å². The summed E-state index contributed by atoms with van der Waals surface area (Å²) in [6, 6.07) is 10.3. The molecular weight excluding hydrogens is 288 g/mol. The number of hydrogen-bond acceptors (Lipinski definition) is 3. The minimum atomic E-state index is -0.152. The Balaban J connectivity index is 2.25. The smallest absolute Gasteiger partial charge is 0.158 e. The van der Waals surface area contributed by atoms with Crippen molar-refractivity contribution in [2.75, 3.05) is 0 Å². The fraction of sp³-hybridized carbons (Fsp3) is 0.188. The second kappa shape index (κ2) is 5.30. The molecule has 2 N–H and O–H groups in total. The van der Waals surface area contributed by atoms with Gasteiger partial charge >= 0.3 is 0 Å². The molecular formula is C16H15ClN2O2. The molecule has 0 atom stereocenters. The molecule has 3 aromatic rings. The standard InChI is InChI=1S/C16H15ClN2O2/c1-2-7-19-13-9-11(17)4-5-12(13)18-16(19)10-3-6-14(20)15(21)8-10/h3-6,8-9,20-21H,2,7H2,1H3. The number of halogens is 1. The zero-order valence-corrected chi connectivity index (χ0v) is 12.3. The maximum absolute atomic E-state index is 9.69. The summed E-state index contributed by atoms with van der Waals surface area (Å²) in [6.45, 7) is 2.89. The van der Waals surface area contributed by atoms with Gasteiger partial charge < -0.3 is 14.8 Å². The normalized spacial score (nSPS) is 11.1. The summed E-state index contributed by atoms with van der Waals surface area (Å²) >= 11 is 6.08. The lowest BCUT2D eigenvalue weighted by atomic mass is 10.2. The van der Waals surface area contributed by atoms with E-state index in [1.54, 1.807) is 6.07 Å². The van der Waals surface area contributed by atoms with Gasteiger partial charge in [-0.05, 0) is 42.8 Å². The first-order chi connectivity index (χ1) is 10.1. The molecule has 0 unspecified atom stereocenters. The van der Waals surface area contributed by atoms with Crippen molar-refractivity contribution < 1.29 is 10.2 Å². The summed E-state index contributed by atoms with van der Waals surface area (Å²) in [5.74, 6) is 0.463. The number of nitrogens with zero attached hydrogens (tertiary/aromatic N) is 2. The van der Waals surface area contributed by atoms with Gasteiger partial charge in [0, 0.05) is 17.1 Å². The largest absolute Gasteiger partial charge is 0.504 e. The lowest BCUT2D eigenvalue weighted by Gasteiger charge is -2.08. The third kappa shape index (κ3) is 2.43. The van der Waals surface area contributed by atoms with Crippen molar-refractivity contribution in [3.05, 3.63) is 41.4 Å². The van der Waals surface area contributed by atoms with Crippen LogP contribution in [0.5, 0.6) is 11.5 Å². The first kappa shape index (κ1) is 13.8. The molecule has 5 heteroatoms. The summed E-state index contributed by atoms with van der Waals surface area (Å²) in [5, 5.41) is 19.8. The Morgan fingerprint density at radius 1 is 1.10 bits per heavy atom. The van der Waals surface area contributed by atoms with E-state index in [0.29, 0.717) is 5.02 Å². The number of aromatic nitrogens is 2. The number of imidazole rings is 1. The molecule has 21 heavy (non-hydrogen) atoms. The van der Waals surface area contributed by atoms with Crippen LogP contribution in [0, 0.1) is 0 Å². The van der Waals surface area contributed by atoms with Crippen molar-refractivity contribution in [3.63, 3.8) is 0 Å². The number of aryl methyl sites for hydroxylation is 1. The molecule has 1 aromatic heterocycles. The zero-order valence-electron chi connectivity index (χ0n) is 11.5. The Morgan fingerprint density at radius 2 is 1.90 bits per heavy atom. The maximum atomic E-state index is 9.69. The molecule has 3 rings (SSSR count). The Morgan fingerprint density at radius 3 is 2.62 bits per heavy atom. The lowest BCUT2D eigenvalue weighted by molar-refractivity contribution is 0.404. The van der Waals surface area contributed by atoms with Gasteiger partial charge in [-0.1, -0.05) is 18.5 Å². The Bertz CT molecular complexity index is 811. The molecule has 0 bridgehead atoms. The molecule has 2 aromatic carbocycles. The van der Waals surface area contributed by atoms with Crippen LogP contribution in [0.3, 0.4) is 0 Å². The Labute approximate surface area is 127 Å². The number of phenols is 2. The van der Waals surface area contributed by atoms with Crippen molar-refractivity contribution in [2.45, 2.75) is 19.9 Å². The van der Waals surface area contributed by atoms with Crippen LogP contribution in [0.2, 0.25) is 5.02 Å². The fourth-order valence-corrected chi connectivity index (χ4v) is 2.60. The average Bonchev–Trinajstić information content (AvgIpc) is 2.81.